The highest BCUT2D eigenvalue weighted by molar-refractivity contribution is 7.13. The molecule has 0 saturated carbocycles. The molecule has 0 saturated heterocycles. The number of hydrogen-bond donors (Lipinski definition) is 2. The van der Waals surface area contributed by atoms with Crippen molar-refractivity contribution in [1.82, 2.24) is 4.98 Å². The number of halogens is 1. The Morgan fingerprint density at radius 3 is 2.55 bits per heavy atom. The molecule has 3 aromatic rings. The Morgan fingerprint density at radius 2 is 1.90 bits per heavy atom. The number of benzene rings is 2. The van der Waals surface area contributed by atoms with Gasteiger partial charge in [0.2, 0.25) is 11.8 Å². The first-order valence-electron chi connectivity index (χ1n) is 8.99. The van der Waals surface area contributed by atoms with Crippen molar-refractivity contribution in [3.05, 3.63) is 58.6 Å². The van der Waals surface area contributed by atoms with E-state index in [1.165, 1.54) is 18.3 Å². The van der Waals surface area contributed by atoms with Crippen LogP contribution in [0.4, 0.5) is 11.4 Å². The summed E-state index contributed by atoms with van der Waals surface area (Å²) in [5, 5.41) is 8.47. The lowest BCUT2D eigenvalue weighted by molar-refractivity contribution is -0.116. The first-order chi connectivity index (χ1) is 13.9. The number of ether oxygens (including phenoxy) is 1. The molecule has 8 heteroatoms. The minimum atomic E-state index is -0.220. The molecular formula is C21H20ClN3O3S. The largest absolute Gasteiger partial charge is 0.494 e. The van der Waals surface area contributed by atoms with Gasteiger partial charge >= 0.3 is 0 Å². The smallest absolute Gasteiger partial charge is 0.230 e. The molecular weight excluding hydrogens is 410 g/mol. The summed E-state index contributed by atoms with van der Waals surface area (Å²) < 4.78 is 5.45. The lowest BCUT2D eigenvalue weighted by atomic mass is 10.2. The van der Waals surface area contributed by atoms with E-state index in [9.17, 15) is 9.59 Å². The van der Waals surface area contributed by atoms with Crippen LogP contribution in [0.3, 0.4) is 0 Å². The number of aromatic nitrogens is 1. The van der Waals surface area contributed by atoms with E-state index in [-0.39, 0.29) is 18.2 Å². The van der Waals surface area contributed by atoms with Crippen molar-refractivity contribution < 1.29 is 14.3 Å². The van der Waals surface area contributed by atoms with Crippen LogP contribution in [-0.4, -0.2) is 23.4 Å². The van der Waals surface area contributed by atoms with Crippen LogP contribution in [0, 0.1) is 0 Å². The van der Waals surface area contributed by atoms with Crippen LogP contribution in [0.1, 0.15) is 19.5 Å². The number of amides is 2. The maximum Gasteiger partial charge on any atom is 0.230 e. The predicted octanol–water partition coefficient (Wildman–Crippen LogP) is 5.00. The molecule has 3 rings (SSSR count). The van der Waals surface area contributed by atoms with Gasteiger partial charge in [0.1, 0.15) is 10.8 Å². The van der Waals surface area contributed by atoms with Crippen molar-refractivity contribution in [1.29, 1.82) is 0 Å². The molecule has 0 unspecified atom stereocenters. The van der Waals surface area contributed by atoms with Gasteiger partial charge in [-0.15, -0.1) is 11.3 Å². The van der Waals surface area contributed by atoms with Gasteiger partial charge in [0.15, 0.2) is 0 Å². The minimum absolute atomic E-state index is 0.136. The highest BCUT2D eigenvalue weighted by Crippen LogP contribution is 2.27. The first kappa shape index (κ1) is 20.8. The molecule has 1 heterocycles. The number of rotatable bonds is 7. The lowest BCUT2D eigenvalue weighted by Gasteiger charge is -2.09. The van der Waals surface area contributed by atoms with Crippen LogP contribution < -0.4 is 15.4 Å². The zero-order valence-electron chi connectivity index (χ0n) is 16.0. The van der Waals surface area contributed by atoms with Crippen molar-refractivity contribution >= 4 is 46.1 Å². The lowest BCUT2D eigenvalue weighted by Crippen LogP contribution is -2.15. The normalized spacial score (nSPS) is 10.4. The number of carbonyl (C=O) groups excluding carboxylic acids is 2. The number of thiazole rings is 1. The Hall–Kier alpha value is -2.90. The van der Waals surface area contributed by atoms with Crippen molar-refractivity contribution in [2.75, 3.05) is 17.2 Å². The van der Waals surface area contributed by atoms with Gasteiger partial charge < -0.3 is 15.4 Å². The molecule has 6 nitrogen and oxygen atoms in total. The van der Waals surface area contributed by atoms with Crippen molar-refractivity contribution in [2.24, 2.45) is 0 Å². The summed E-state index contributed by atoms with van der Waals surface area (Å²) in [6.45, 7) is 3.98. The Bertz CT molecular complexity index is 1020. The number of hydrogen-bond acceptors (Lipinski definition) is 5. The van der Waals surface area contributed by atoms with Gasteiger partial charge in [-0.1, -0.05) is 11.6 Å². The maximum atomic E-state index is 12.4. The summed E-state index contributed by atoms with van der Waals surface area (Å²) in [7, 11) is 0. The SMILES string of the molecule is CCOc1ccc(-c2nc(CC(=O)Nc3ccc(NC(C)=O)cc3Cl)cs2)cc1. The number of anilines is 2. The molecule has 0 fully saturated rings. The minimum Gasteiger partial charge on any atom is -0.494 e. The van der Waals surface area contributed by atoms with Crippen molar-refractivity contribution in [2.45, 2.75) is 20.3 Å². The molecule has 29 heavy (non-hydrogen) atoms. The van der Waals surface area contributed by atoms with E-state index in [1.807, 2.05) is 36.6 Å². The second kappa shape index (κ2) is 9.54. The molecule has 0 aliphatic heterocycles. The van der Waals surface area contributed by atoms with Gasteiger partial charge in [-0.3, -0.25) is 9.59 Å². The highest BCUT2D eigenvalue weighted by Gasteiger charge is 2.12. The van der Waals surface area contributed by atoms with Gasteiger partial charge in [-0.2, -0.15) is 0 Å². The molecule has 1 aromatic heterocycles. The second-order valence-electron chi connectivity index (χ2n) is 6.20. The van der Waals surface area contributed by atoms with Gasteiger partial charge in [0, 0.05) is 23.6 Å². The summed E-state index contributed by atoms with van der Waals surface area (Å²) in [4.78, 5) is 28.0. The van der Waals surface area contributed by atoms with Crippen LogP contribution in [0.15, 0.2) is 47.8 Å². The molecule has 2 amide bonds. The fraction of sp³-hybridized carbons (Fsp3) is 0.190. The fourth-order valence-electron chi connectivity index (χ4n) is 2.64. The third-order valence-corrected chi connectivity index (χ3v) is 5.12. The molecule has 0 aliphatic rings. The molecule has 0 radical (unpaired) electrons. The standard InChI is InChI=1S/C21H20ClN3O3S/c1-3-28-17-7-4-14(5-8-17)21-24-16(12-29-21)11-20(27)25-19-9-6-15(10-18(19)22)23-13(2)26/h4-10,12H,3,11H2,1-2H3,(H,23,26)(H,25,27). The summed E-state index contributed by atoms with van der Waals surface area (Å²) in [5.41, 5.74) is 2.71. The fourth-order valence-corrected chi connectivity index (χ4v) is 3.69. The van der Waals surface area contributed by atoms with Crippen LogP contribution in [0.25, 0.3) is 10.6 Å². The van der Waals surface area contributed by atoms with E-state index in [2.05, 4.69) is 15.6 Å². The Kier molecular flexibility index (Phi) is 6.85. The average molecular weight is 430 g/mol. The topological polar surface area (TPSA) is 80.3 Å². The van der Waals surface area contributed by atoms with E-state index < -0.39 is 0 Å². The third kappa shape index (κ3) is 5.79. The van der Waals surface area contributed by atoms with Crippen molar-refractivity contribution in [3.63, 3.8) is 0 Å². The van der Waals surface area contributed by atoms with Crippen LogP contribution >= 0.6 is 22.9 Å². The number of nitrogens with zero attached hydrogens (tertiary/aromatic N) is 1. The number of nitrogens with one attached hydrogen (secondary N) is 2. The summed E-state index contributed by atoms with van der Waals surface area (Å²) in [6, 6.07) is 12.6. The summed E-state index contributed by atoms with van der Waals surface area (Å²) in [5.74, 6) is 0.404. The molecule has 150 valence electrons. The van der Waals surface area contributed by atoms with Gasteiger partial charge in [0.05, 0.1) is 29.4 Å². The molecule has 2 N–H and O–H groups in total. The van der Waals surface area contributed by atoms with E-state index in [0.717, 1.165) is 16.3 Å². The first-order valence-corrected chi connectivity index (χ1v) is 10.2. The third-order valence-electron chi connectivity index (χ3n) is 3.87. The van der Waals surface area contributed by atoms with E-state index in [0.29, 0.717) is 28.7 Å². The Morgan fingerprint density at radius 1 is 1.14 bits per heavy atom. The Balaban J connectivity index is 1.62. The summed E-state index contributed by atoms with van der Waals surface area (Å²) >= 11 is 7.67. The van der Waals surface area contributed by atoms with Crippen LogP contribution in [0.2, 0.25) is 5.02 Å². The monoisotopic (exact) mass is 429 g/mol. The molecule has 0 atom stereocenters. The molecule has 0 bridgehead atoms. The van der Waals surface area contributed by atoms with E-state index in [4.69, 9.17) is 16.3 Å². The average Bonchev–Trinajstić information content (AvgIpc) is 3.13. The Labute approximate surface area is 177 Å². The molecule has 0 aliphatic carbocycles. The molecule has 2 aromatic carbocycles. The van der Waals surface area contributed by atoms with Crippen molar-refractivity contribution in [3.8, 4) is 16.3 Å². The van der Waals surface area contributed by atoms with E-state index in [1.54, 1.807) is 18.2 Å². The van der Waals surface area contributed by atoms with Crippen LogP contribution in [-0.2, 0) is 16.0 Å². The van der Waals surface area contributed by atoms with Gasteiger partial charge in [0.25, 0.3) is 0 Å². The van der Waals surface area contributed by atoms with Gasteiger partial charge in [-0.25, -0.2) is 4.98 Å². The molecule has 0 spiro atoms. The zero-order chi connectivity index (χ0) is 20.8. The van der Waals surface area contributed by atoms with E-state index >= 15 is 0 Å². The second-order valence-corrected chi connectivity index (χ2v) is 7.47. The maximum absolute atomic E-state index is 12.4. The van der Waals surface area contributed by atoms with Gasteiger partial charge in [-0.05, 0) is 49.4 Å². The highest BCUT2D eigenvalue weighted by atomic mass is 35.5. The summed E-state index contributed by atoms with van der Waals surface area (Å²) in [6.07, 6.45) is 0.136. The predicted molar refractivity (Wildman–Crippen MR) is 117 cm³/mol. The quantitative estimate of drug-likeness (QED) is 0.553. The zero-order valence-corrected chi connectivity index (χ0v) is 17.6. The van der Waals surface area contributed by atoms with Crippen LogP contribution in [0.5, 0.6) is 5.75 Å². The number of carbonyl (C=O) groups is 2.